The van der Waals surface area contributed by atoms with Gasteiger partial charge in [0.25, 0.3) is 5.91 Å². The minimum Gasteiger partial charge on any atom is -0.324 e. The van der Waals surface area contributed by atoms with Crippen LogP contribution in [0, 0.1) is 9.56 Å². The number of amides is 1. The van der Waals surface area contributed by atoms with Crippen LogP contribution in [-0.4, -0.2) is 26.7 Å². The van der Waals surface area contributed by atoms with Crippen molar-refractivity contribution >= 4 is 44.0 Å². The number of anilines is 3. The van der Waals surface area contributed by atoms with Crippen LogP contribution in [0.2, 0.25) is 0 Å². The third-order valence-electron chi connectivity index (χ3n) is 5.96. The second kappa shape index (κ2) is 6.69. The second-order valence-corrected chi connectivity index (χ2v) is 10.4. The van der Waals surface area contributed by atoms with Crippen LogP contribution in [0.25, 0.3) is 11.0 Å². The van der Waals surface area contributed by atoms with Crippen molar-refractivity contribution in [3.8, 4) is 0 Å². The van der Waals surface area contributed by atoms with Gasteiger partial charge in [0.15, 0.2) is 0 Å². The van der Waals surface area contributed by atoms with Gasteiger partial charge in [-0.25, -0.2) is 4.98 Å². The van der Waals surface area contributed by atoms with E-state index in [1.165, 1.54) is 0 Å². The third-order valence-corrected chi connectivity index (χ3v) is 7.17. The normalized spacial score (nSPS) is 18.0. The van der Waals surface area contributed by atoms with Crippen molar-refractivity contribution in [2.75, 3.05) is 17.0 Å². The van der Waals surface area contributed by atoms with Crippen molar-refractivity contribution in [1.29, 1.82) is 9.56 Å². The number of hydrazine groups is 1. The van der Waals surface area contributed by atoms with E-state index in [1.807, 2.05) is 22.8 Å². The number of hydrogen-bond acceptors (Lipinski definition) is 7. The quantitative estimate of drug-likeness (QED) is 0.434. The van der Waals surface area contributed by atoms with Crippen molar-refractivity contribution in [1.82, 2.24) is 20.0 Å². The lowest BCUT2D eigenvalue weighted by molar-refractivity contribution is -0.131. The molecule has 0 bridgehead atoms. The molecule has 3 heterocycles. The molecule has 1 fully saturated rings. The maximum Gasteiger partial charge on any atom is 0.264 e. The number of nitrogens with zero attached hydrogens (tertiary/aromatic N) is 3. The third kappa shape index (κ3) is 2.98. The fraction of sp³-hybridized carbons (Fsp3) is 0.350. The molecule has 2 aromatic heterocycles. The van der Waals surface area contributed by atoms with Crippen molar-refractivity contribution in [3.05, 3.63) is 36.5 Å². The Bertz CT molecular complexity index is 1240. The summed E-state index contributed by atoms with van der Waals surface area (Å²) in [5, 5.41) is 4.08. The predicted octanol–water partition coefficient (Wildman–Crippen LogP) is 3.96. The van der Waals surface area contributed by atoms with Crippen LogP contribution in [0.1, 0.15) is 32.1 Å². The highest BCUT2D eigenvalue weighted by atomic mass is 32.2. The maximum atomic E-state index is 12.9. The summed E-state index contributed by atoms with van der Waals surface area (Å²) in [6.45, 7) is 0. The van der Waals surface area contributed by atoms with Crippen molar-refractivity contribution < 1.29 is 4.79 Å². The molecule has 0 atom stereocenters. The van der Waals surface area contributed by atoms with E-state index in [9.17, 15) is 4.79 Å². The Morgan fingerprint density at radius 1 is 1.13 bits per heavy atom. The number of carbonyl (C=O) groups is 1. The molecule has 1 saturated carbocycles. The van der Waals surface area contributed by atoms with E-state index in [-0.39, 0.29) is 5.91 Å². The highest BCUT2D eigenvalue weighted by molar-refractivity contribution is 7.92. The number of aromatic nitrogens is 3. The standard InChI is InChI=1S/C20H24N8OS/c1-30(21,22)15-7-5-14(6-8-15)24-19-23-12-13-11-16-26-27-18(29)20(9-3-2-4-10-20)28(16)17(13)25-19/h5-8,11-12,21-22,26H,2-4,9-10H2,1H3,(H,27,29)(H,23,24,25). The van der Waals surface area contributed by atoms with Gasteiger partial charge < -0.3 is 5.32 Å². The number of benzene rings is 1. The molecule has 0 radical (unpaired) electrons. The van der Waals surface area contributed by atoms with Crippen LogP contribution >= 0.6 is 0 Å². The first kappa shape index (κ1) is 18.9. The molecule has 156 valence electrons. The van der Waals surface area contributed by atoms with Crippen LogP contribution in [0.4, 0.5) is 17.5 Å². The zero-order chi connectivity index (χ0) is 20.9. The minimum absolute atomic E-state index is 0.00718. The molecule has 9 nitrogen and oxygen atoms in total. The summed E-state index contributed by atoms with van der Waals surface area (Å²) in [5.74, 6) is 1.27. The first-order chi connectivity index (χ1) is 14.4. The molecule has 1 spiro atoms. The van der Waals surface area contributed by atoms with Crippen LogP contribution in [-0.2, 0) is 20.0 Å². The molecule has 30 heavy (non-hydrogen) atoms. The summed E-state index contributed by atoms with van der Waals surface area (Å²) in [7, 11) is -2.25. The van der Waals surface area contributed by atoms with Crippen molar-refractivity contribution in [3.63, 3.8) is 0 Å². The van der Waals surface area contributed by atoms with E-state index in [2.05, 4.69) is 21.2 Å². The Kier molecular flexibility index (Phi) is 4.21. The lowest BCUT2D eigenvalue weighted by Crippen LogP contribution is -2.55. The topological polar surface area (TPSA) is 132 Å². The molecule has 0 unspecified atom stereocenters. The fourth-order valence-electron chi connectivity index (χ4n) is 4.44. The van der Waals surface area contributed by atoms with Gasteiger partial charge in [0.05, 0.1) is 0 Å². The predicted molar refractivity (Wildman–Crippen MR) is 117 cm³/mol. The summed E-state index contributed by atoms with van der Waals surface area (Å²) < 4.78 is 17.8. The number of hydrogen-bond donors (Lipinski definition) is 5. The zero-order valence-corrected chi connectivity index (χ0v) is 17.5. The molecule has 10 heteroatoms. The molecule has 1 aliphatic heterocycles. The number of carbonyl (C=O) groups excluding carboxylic acids is 1. The monoisotopic (exact) mass is 424 g/mol. The van der Waals surface area contributed by atoms with Gasteiger partial charge in [-0.05, 0) is 52.8 Å². The summed E-state index contributed by atoms with van der Waals surface area (Å²) in [6.07, 6.45) is 8.16. The summed E-state index contributed by atoms with van der Waals surface area (Å²) in [6, 6.07) is 9.22. The Labute approximate surface area is 174 Å². The molecule has 1 amide bonds. The molecular formula is C20H24N8OS. The van der Waals surface area contributed by atoms with Crippen LogP contribution < -0.4 is 16.2 Å². The molecule has 5 N–H and O–H groups in total. The molecule has 0 saturated heterocycles. The van der Waals surface area contributed by atoms with Gasteiger partial charge in [0, 0.05) is 28.4 Å². The number of rotatable bonds is 3. The van der Waals surface area contributed by atoms with E-state index in [1.54, 1.807) is 24.6 Å². The van der Waals surface area contributed by atoms with Crippen LogP contribution in [0.3, 0.4) is 0 Å². The van der Waals surface area contributed by atoms with E-state index in [0.29, 0.717) is 10.8 Å². The Morgan fingerprint density at radius 2 is 1.87 bits per heavy atom. The Hall–Kier alpha value is -3.14. The van der Waals surface area contributed by atoms with Gasteiger partial charge in [0.2, 0.25) is 5.95 Å². The van der Waals surface area contributed by atoms with Crippen LogP contribution in [0.5, 0.6) is 0 Å². The van der Waals surface area contributed by atoms with E-state index >= 15 is 0 Å². The average molecular weight is 425 g/mol. The van der Waals surface area contributed by atoms with Gasteiger partial charge in [0.1, 0.15) is 17.0 Å². The molecular weight excluding hydrogens is 400 g/mol. The summed E-state index contributed by atoms with van der Waals surface area (Å²) in [4.78, 5) is 22.8. The van der Waals surface area contributed by atoms with Gasteiger partial charge in [-0.1, -0.05) is 19.3 Å². The smallest absolute Gasteiger partial charge is 0.264 e. The van der Waals surface area contributed by atoms with E-state index in [4.69, 9.17) is 14.5 Å². The Morgan fingerprint density at radius 3 is 2.57 bits per heavy atom. The summed E-state index contributed by atoms with van der Waals surface area (Å²) in [5.41, 5.74) is 6.75. The SMILES string of the molecule is CS(=N)(=N)c1ccc(Nc2ncc3cc4n(c3n2)C2(CCCCC2)C(=O)NN4)cc1. The minimum atomic E-state index is -2.25. The molecule has 1 aromatic carbocycles. The number of nitrogens with one attached hydrogen (secondary N) is 5. The second-order valence-electron chi connectivity index (χ2n) is 8.08. The maximum absolute atomic E-state index is 12.9. The lowest BCUT2D eigenvalue weighted by atomic mass is 9.80. The Balaban J connectivity index is 1.54. The summed E-state index contributed by atoms with van der Waals surface area (Å²) >= 11 is 0. The van der Waals surface area contributed by atoms with Crippen molar-refractivity contribution in [2.45, 2.75) is 42.5 Å². The van der Waals surface area contributed by atoms with Gasteiger partial charge in [-0.2, -0.15) is 4.98 Å². The average Bonchev–Trinajstić information content (AvgIpc) is 3.10. The molecule has 5 rings (SSSR count). The molecule has 2 aliphatic rings. The fourth-order valence-corrected chi connectivity index (χ4v) is 5.12. The van der Waals surface area contributed by atoms with Gasteiger partial charge >= 0.3 is 0 Å². The first-order valence-electron chi connectivity index (χ1n) is 9.97. The molecule has 1 aliphatic carbocycles. The largest absolute Gasteiger partial charge is 0.324 e. The van der Waals surface area contributed by atoms with E-state index in [0.717, 1.165) is 54.6 Å². The van der Waals surface area contributed by atoms with Gasteiger partial charge in [-0.15, -0.1) is 0 Å². The van der Waals surface area contributed by atoms with Gasteiger partial charge in [-0.3, -0.25) is 29.8 Å². The highest BCUT2D eigenvalue weighted by Gasteiger charge is 2.46. The molecule has 3 aromatic rings. The zero-order valence-electron chi connectivity index (χ0n) is 16.7. The first-order valence-corrected chi connectivity index (χ1v) is 12.0. The number of fused-ring (bicyclic) bond motifs is 4. The van der Waals surface area contributed by atoms with Crippen molar-refractivity contribution in [2.24, 2.45) is 0 Å². The van der Waals surface area contributed by atoms with Crippen LogP contribution in [0.15, 0.2) is 41.4 Å². The van der Waals surface area contributed by atoms with E-state index < -0.39 is 15.2 Å². The lowest BCUT2D eigenvalue weighted by Gasteiger charge is -2.41. The highest BCUT2D eigenvalue weighted by Crippen LogP contribution is 2.42.